The van der Waals surface area contributed by atoms with Crippen molar-refractivity contribution in [3.8, 4) is 0 Å². The van der Waals surface area contributed by atoms with Crippen LogP contribution in [0, 0.1) is 11.3 Å². The predicted octanol–water partition coefficient (Wildman–Crippen LogP) is 1.07. The van der Waals surface area contributed by atoms with Gasteiger partial charge in [-0.1, -0.05) is 0 Å². The Balaban J connectivity index is 1.72. The molecule has 2 saturated heterocycles. The molecule has 1 saturated carbocycles. The molecule has 5 atom stereocenters. The number of fused-ring (bicyclic) bond motifs is 1. The standard InChI is InChI=1S/C17H29N3O5/c1-9(2)23-7-11-5-12(6-13(11)24-10(3)4)20-15-17(8-21,25-15)14(18)19-16(20)22/h9-13,15,21H,5-8H2,1-4H3,(H2,18,19,22)/t11-,12-,13?,15?,17?/m1/s1. The largest absolute Gasteiger partial charge is 0.393 e. The Labute approximate surface area is 148 Å². The van der Waals surface area contributed by atoms with Crippen LogP contribution in [0.4, 0.5) is 4.79 Å². The molecule has 8 heteroatoms. The summed E-state index contributed by atoms with van der Waals surface area (Å²) in [5, 5.41) is 20.0. The van der Waals surface area contributed by atoms with Gasteiger partial charge in [-0.25, -0.2) is 4.79 Å². The minimum atomic E-state index is -1.07. The molecule has 0 bridgehead atoms. The molecule has 3 aliphatic rings. The van der Waals surface area contributed by atoms with E-state index < -0.39 is 11.8 Å². The molecular formula is C17H29N3O5. The average molecular weight is 355 g/mol. The zero-order valence-electron chi connectivity index (χ0n) is 15.3. The van der Waals surface area contributed by atoms with Gasteiger partial charge in [0.05, 0.1) is 31.5 Å². The highest BCUT2D eigenvalue weighted by atomic mass is 16.6. The van der Waals surface area contributed by atoms with Gasteiger partial charge < -0.3 is 19.3 Å². The maximum atomic E-state index is 12.4. The van der Waals surface area contributed by atoms with Crippen LogP contribution in [0.5, 0.6) is 0 Å². The SMILES string of the molecule is CC(C)OC[C@H]1C[C@@H](N2C(=O)NC(=N)C3(CO)OC23)CC1OC(C)C. The monoisotopic (exact) mass is 355 g/mol. The van der Waals surface area contributed by atoms with E-state index in [4.69, 9.17) is 19.6 Å². The topological polar surface area (TPSA) is 107 Å². The third kappa shape index (κ3) is 3.40. The van der Waals surface area contributed by atoms with E-state index in [1.807, 2.05) is 27.7 Å². The molecule has 2 heterocycles. The number of ether oxygens (including phenoxy) is 3. The summed E-state index contributed by atoms with van der Waals surface area (Å²) in [5.74, 6) is 0.139. The van der Waals surface area contributed by atoms with E-state index in [-0.39, 0.29) is 48.7 Å². The molecule has 0 radical (unpaired) electrons. The Morgan fingerprint density at radius 2 is 2.08 bits per heavy atom. The van der Waals surface area contributed by atoms with E-state index in [1.54, 1.807) is 4.90 Å². The lowest BCUT2D eigenvalue weighted by molar-refractivity contribution is -0.0456. The van der Waals surface area contributed by atoms with Crippen LogP contribution < -0.4 is 5.32 Å². The first-order valence-corrected chi connectivity index (χ1v) is 9.02. The zero-order chi connectivity index (χ0) is 18.4. The Kier molecular flexibility index (Phi) is 5.07. The minimum absolute atomic E-state index is 0.0141. The van der Waals surface area contributed by atoms with Crippen molar-refractivity contribution in [1.29, 1.82) is 5.41 Å². The van der Waals surface area contributed by atoms with Crippen molar-refractivity contribution in [2.45, 2.75) is 76.7 Å². The van der Waals surface area contributed by atoms with Gasteiger partial charge in [0, 0.05) is 12.0 Å². The molecular weight excluding hydrogens is 326 g/mol. The number of hydrogen-bond acceptors (Lipinski definition) is 6. The van der Waals surface area contributed by atoms with Gasteiger partial charge in [-0.05, 0) is 40.5 Å². The van der Waals surface area contributed by atoms with Crippen LogP contribution in [0.3, 0.4) is 0 Å². The number of aliphatic hydroxyl groups is 1. The lowest BCUT2D eigenvalue weighted by Crippen LogP contribution is -2.60. The van der Waals surface area contributed by atoms with Crippen molar-refractivity contribution in [3.05, 3.63) is 0 Å². The number of hydrogen-bond donors (Lipinski definition) is 3. The number of nitrogens with one attached hydrogen (secondary N) is 2. The van der Waals surface area contributed by atoms with Crippen molar-refractivity contribution in [2.75, 3.05) is 13.2 Å². The summed E-state index contributed by atoms with van der Waals surface area (Å²) in [4.78, 5) is 14.1. The quantitative estimate of drug-likeness (QED) is 0.592. The summed E-state index contributed by atoms with van der Waals surface area (Å²) < 4.78 is 17.4. The first-order valence-electron chi connectivity index (χ1n) is 9.02. The Morgan fingerprint density at radius 3 is 2.68 bits per heavy atom. The summed E-state index contributed by atoms with van der Waals surface area (Å²) in [5.41, 5.74) is -1.07. The summed E-state index contributed by atoms with van der Waals surface area (Å²) >= 11 is 0. The molecule has 0 aromatic carbocycles. The average Bonchev–Trinajstić information content (AvgIpc) is 3.14. The maximum Gasteiger partial charge on any atom is 0.325 e. The molecule has 2 aliphatic heterocycles. The van der Waals surface area contributed by atoms with Gasteiger partial charge in [-0.15, -0.1) is 0 Å². The number of urea groups is 1. The highest BCUT2D eigenvalue weighted by molar-refractivity contribution is 6.05. The number of carbonyl (C=O) groups excluding carboxylic acids is 1. The second kappa shape index (κ2) is 6.83. The molecule has 0 spiro atoms. The minimum Gasteiger partial charge on any atom is -0.393 e. The molecule has 3 unspecified atom stereocenters. The van der Waals surface area contributed by atoms with E-state index in [0.29, 0.717) is 13.0 Å². The molecule has 0 aromatic rings. The van der Waals surface area contributed by atoms with Crippen LogP contribution in [-0.2, 0) is 14.2 Å². The Bertz CT molecular complexity index is 540. The molecule has 3 N–H and O–H groups in total. The van der Waals surface area contributed by atoms with Crippen molar-refractivity contribution < 1.29 is 24.1 Å². The second-order valence-electron chi connectivity index (χ2n) is 7.72. The summed E-state index contributed by atoms with van der Waals surface area (Å²) in [6.45, 7) is 8.29. The normalized spacial score (nSPS) is 37.6. The molecule has 25 heavy (non-hydrogen) atoms. The number of amides is 2. The number of nitrogens with zero attached hydrogens (tertiary/aromatic N) is 1. The molecule has 142 valence electrons. The lowest BCUT2D eigenvalue weighted by atomic mass is 10.0. The third-order valence-electron chi connectivity index (χ3n) is 5.13. The van der Waals surface area contributed by atoms with Gasteiger partial charge in [-0.3, -0.25) is 15.6 Å². The molecule has 3 fully saturated rings. The lowest BCUT2D eigenvalue weighted by Gasteiger charge is -2.33. The van der Waals surface area contributed by atoms with Crippen LogP contribution >= 0.6 is 0 Å². The first kappa shape index (κ1) is 18.6. The van der Waals surface area contributed by atoms with Crippen LogP contribution in [-0.4, -0.2) is 71.3 Å². The molecule has 2 amide bonds. The fourth-order valence-electron chi connectivity index (χ4n) is 3.86. The second-order valence-corrected chi connectivity index (χ2v) is 7.72. The first-order chi connectivity index (χ1) is 11.8. The number of aliphatic hydroxyl groups excluding tert-OH is 1. The van der Waals surface area contributed by atoms with Gasteiger partial charge in [0.2, 0.25) is 0 Å². The summed E-state index contributed by atoms with van der Waals surface area (Å²) in [7, 11) is 0. The molecule has 1 aliphatic carbocycles. The van der Waals surface area contributed by atoms with Gasteiger partial charge in [0.15, 0.2) is 11.8 Å². The van der Waals surface area contributed by atoms with E-state index >= 15 is 0 Å². The third-order valence-corrected chi connectivity index (χ3v) is 5.13. The smallest absolute Gasteiger partial charge is 0.325 e. The fourth-order valence-corrected chi connectivity index (χ4v) is 3.86. The number of carbonyl (C=O) groups is 1. The maximum absolute atomic E-state index is 12.4. The van der Waals surface area contributed by atoms with Crippen molar-refractivity contribution in [2.24, 2.45) is 5.92 Å². The van der Waals surface area contributed by atoms with Crippen molar-refractivity contribution in [3.63, 3.8) is 0 Å². The van der Waals surface area contributed by atoms with Gasteiger partial charge in [0.25, 0.3) is 0 Å². The molecule has 3 rings (SSSR count). The number of epoxide rings is 1. The van der Waals surface area contributed by atoms with Crippen LogP contribution in [0.25, 0.3) is 0 Å². The van der Waals surface area contributed by atoms with E-state index in [0.717, 1.165) is 6.42 Å². The van der Waals surface area contributed by atoms with Crippen LogP contribution in [0.15, 0.2) is 0 Å². The van der Waals surface area contributed by atoms with Crippen LogP contribution in [0.2, 0.25) is 0 Å². The molecule has 0 aromatic heterocycles. The van der Waals surface area contributed by atoms with E-state index in [2.05, 4.69) is 5.32 Å². The van der Waals surface area contributed by atoms with Crippen molar-refractivity contribution in [1.82, 2.24) is 10.2 Å². The van der Waals surface area contributed by atoms with Gasteiger partial charge in [-0.2, -0.15) is 0 Å². The van der Waals surface area contributed by atoms with Crippen molar-refractivity contribution >= 4 is 11.9 Å². The van der Waals surface area contributed by atoms with Gasteiger partial charge in [0.1, 0.15) is 5.84 Å². The zero-order valence-corrected chi connectivity index (χ0v) is 15.3. The van der Waals surface area contributed by atoms with Crippen LogP contribution in [0.1, 0.15) is 40.5 Å². The van der Waals surface area contributed by atoms with Gasteiger partial charge >= 0.3 is 6.03 Å². The highest BCUT2D eigenvalue weighted by Crippen LogP contribution is 2.46. The Morgan fingerprint density at radius 1 is 1.36 bits per heavy atom. The molecule has 8 nitrogen and oxygen atoms in total. The summed E-state index contributed by atoms with van der Waals surface area (Å²) in [6, 6.07) is -0.397. The Hall–Kier alpha value is -1.22. The van der Waals surface area contributed by atoms with E-state index in [9.17, 15) is 9.90 Å². The predicted molar refractivity (Wildman–Crippen MR) is 90.4 cm³/mol. The fraction of sp³-hybridized carbons (Fsp3) is 0.882. The highest BCUT2D eigenvalue weighted by Gasteiger charge is 2.68. The van der Waals surface area contributed by atoms with E-state index in [1.165, 1.54) is 0 Å². The summed E-state index contributed by atoms with van der Waals surface area (Å²) in [6.07, 6.45) is 1.15. The number of rotatable bonds is 7. The number of amidine groups is 1.